The van der Waals surface area contributed by atoms with Gasteiger partial charge < -0.3 is 10.4 Å². The number of thioether (sulfide) groups is 1. The molecule has 0 aliphatic rings. The van der Waals surface area contributed by atoms with E-state index in [0.29, 0.717) is 0 Å². The molecule has 0 bridgehead atoms. The second-order valence-electron chi connectivity index (χ2n) is 3.80. The van der Waals surface area contributed by atoms with Gasteiger partial charge in [-0.3, -0.25) is 4.98 Å². The fourth-order valence-corrected chi connectivity index (χ4v) is 2.08. The number of nitrogens with zero attached hydrogens (tertiary/aromatic N) is 1. The zero-order valence-electron chi connectivity index (χ0n) is 9.89. The Kier molecular flexibility index (Phi) is 6.45. The molecule has 0 saturated carbocycles. The molecule has 4 heteroatoms. The molecule has 2 atom stereocenters. The molecule has 0 radical (unpaired) electrons. The summed E-state index contributed by atoms with van der Waals surface area (Å²) >= 11 is 1.80. The highest BCUT2D eigenvalue weighted by atomic mass is 32.2. The molecule has 0 aromatic carbocycles. The van der Waals surface area contributed by atoms with E-state index in [1.54, 1.807) is 18.0 Å². The van der Waals surface area contributed by atoms with Gasteiger partial charge in [-0.25, -0.2) is 0 Å². The van der Waals surface area contributed by atoms with Gasteiger partial charge in [0.1, 0.15) is 0 Å². The first kappa shape index (κ1) is 13.5. The predicted octanol–water partition coefficient (Wildman–Crippen LogP) is 1.85. The molecule has 2 unspecified atom stereocenters. The average molecular weight is 240 g/mol. The number of aromatic nitrogens is 1. The summed E-state index contributed by atoms with van der Waals surface area (Å²) in [4.78, 5) is 4.30. The van der Waals surface area contributed by atoms with Gasteiger partial charge in [-0.2, -0.15) is 11.8 Å². The van der Waals surface area contributed by atoms with E-state index in [1.807, 2.05) is 18.2 Å². The van der Waals surface area contributed by atoms with E-state index in [4.69, 9.17) is 0 Å². The van der Waals surface area contributed by atoms with Gasteiger partial charge in [0.15, 0.2) is 0 Å². The molecule has 0 aliphatic heterocycles. The summed E-state index contributed by atoms with van der Waals surface area (Å²) < 4.78 is 0. The van der Waals surface area contributed by atoms with Crippen molar-refractivity contribution in [3.8, 4) is 0 Å². The van der Waals surface area contributed by atoms with Crippen molar-refractivity contribution < 1.29 is 5.11 Å². The van der Waals surface area contributed by atoms with E-state index in [1.165, 1.54) is 0 Å². The molecule has 90 valence electrons. The van der Waals surface area contributed by atoms with Crippen LogP contribution in [-0.4, -0.2) is 34.7 Å². The fourth-order valence-electron chi connectivity index (χ4n) is 1.56. The van der Waals surface area contributed by atoms with E-state index >= 15 is 0 Å². The molecule has 1 aromatic heterocycles. The summed E-state index contributed by atoms with van der Waals surface area (Å²) in [6, 6.07) is 6.23. The number of pyridine rings is 1. The summed E-state index contributed by atoms with van der Waals surface area (Å²) in [7, 11) is 0. The molecule has 0 fully saturated rings. The summed E-state index contributed by atoms with van der Waals surface area (Å²) in [5, 5.41) is 12.6. The zero-order valence-corrected chi connectivity index (χ0v) is 10.7. The lowest BCUT2D eigenvalue weighted by Crippen LogP contribution is -2.35. The van der Waals surface area contributed by atoms with E-state index in [2.05, 4.69) is 23.5 Å². The van der Waals surface area contributed by atoms with Crippen LogP contribution < -0.4 is 5.32 Å². The Morgan fingerprint density at radius 2 is 2.31 bits per heavy atom. The molecule has 0 saturated heterocycles. The zero-order chi connectivity index (χ0) is 11.8. The maximum absolute atomic E-state index is 9.26. The number of aliphatic hydroxyl groups is 1. The van der Waals surface area contributed by atoms with Gasteiger partial charge >= 0.3 is 0 Å². The molecule has 3 nitrogen and oxygen atoms in total. The van der Waals surface area contributed by atoms with Gasteiger partial charge in [0, 0.05) is 18.3 Å². The molecular weight excluding hydrogens is 220 g/mol. The minimum absolute atomic E-state index is 0.157. The average Bonchev–Trinajstić information content (AvgIpc) is 2.35. The van der Waals surface area contributed by atoms with Crippen LogP contribution in [0.3, 0.4) is 0 Å². The van der Waals surface area contributed by atoms with Gasteiger partial charge in [0.05, 0.1) is 12.3 Å². The largest absolute Gasteiger partial charge is 0.395 e. The van der Waals surface area contributed by atoms with Crippen molar-refractivity contribution in [2.24, 2.45) is 0 Å². The van der Waals surface area contributed by atoms with Gasteiger partial charge in [-0.15, -0.1) is 0 Å². The Morgan fingerprint density at radius 1 is 1.50 bits per heavy atom. The smallest absolute Gasteiger partial charge is 0.0585 e. The van der Waals surface area contributed by atoms with Crippen molar-refractivity contribution in [3.63, 3.8) is 0 Å². The van der Waals surface area contributed by atoms with Gasteiger partial charge in [0.2, 0.25) is 0 Å². The van der Waals surface area contributed by atoms with Crippen LogP contribution in [0.25, 0.3) is 0 Å². The first-order valence-corrected chi connectivity index (χ1v) is 6.94. The van der Waals surface area contributed by atoms with Crippen molar-refractivity contribution >= 4 is 11.8 Å². The van der Waals surface area contributed by atoms with Crippen LogP contribution in [0, 0.1) is 0 Å². The molecule has 0 amide bonds. The lowest BCUT2D eigenvalue weighted by atomic mass is 10.1. The quantitative estimate of drug-likeness (QED) is 0.763. The van der Waals surface area contributed by atoms with Crippen LogP contribution in [0.2, 0.25) is 0 Å². The normalized spacial score (nSPS) is 14.7. The van der Waals surface area contributed by atoms with Crippen LogP contribution >= 0.6 is 11.8 Å². The molecule has 16 heavy (non-hydrogen) atoms. The monoisotopic (exact) mass is 240 g/mol. The molecule has 0 aliphatic carbocycles. The molecule has 2 N–H and O–H groups in total. The van der Waals surface area contributed by atoms with Crippen molar-refractivity contribution in [1.82, 2.24) is 10.3 Å². The summed E-state index contributed by atoms with van der Waals surface area (Å²) in [5.41, 5.74) is 1.02. The van der Waals surface area contributed by atoms with Gasteiger partial charge in [-0.05, 0) is 37.5 Å². The highest BCUT2D eigenvalue weighted by molar-refractivity contribution is 7.98. The maximum Gasteiger partial charge on any atom is 0.0585 e. The second kappa shape index (κ2) is 7.65. The third-order valence-corrected chi connectivity index (χ3v) is 3.15. The fraction of sp³-hybridized carbons (Fsp3) is 0.583. The number of hydrogen-bond donors (Lipinski definition) is 2. The summed E-state index contributed by atoms with van der Waals surface area (Å²) in [6.45, 7) is 2.25. The predicted molar refractivity (Wildman–Crippen MR) is 69.7 cm³/mol. The van der Waals surface area contributed by atoms with E-state index in [9.17, 15) is 5.11 Å². The summed E-state index contributed by atoms with van der Waals surface area (Å²) in [6.07, 6.45) is 4.86. The highest BCUT2D eigenvalue weighted by Gasteiger charge is 2.12. The Labute approximate surface area is 102 Å². The standard InChI is InChI=1S/C12H20N2OS/c1-10(12-5-3-4-7-13-12)14-11(9-15)6-8-16-2/h3-5,7,10-11,14-15H,6,8-9H2,1-2H3. The minimum Gasteiger partial charge on any atom is -0.395 e. The maximum atomic E-state index is 9.26. The molecular formula is C12H20N2OS. The first-order valence-electron chi connectivity index (χ1n) is 5.54. The molecule has 0 spiro atoms. The van der Waals surface area contributed by atoms with Crippen LogP contribution in [0.15, 0.2) is 24.4 Å². The van der Waals surface area contributed by atoms with Crippen LogP contribution in [0.5, 0.6) is 0 Å². The molecule has 1 heterocycles. The minimum atomic E-state index is 0.157. The topological polar surface area (TPSA) is 45.1 Å². The van der Waals surface area contributed by atoms with Crippen LogP contribution in [0.4, 0.5) is 0 Å². The Hall–Kier alpha value is -0.580. The van der Waals surface area contributed by atoms with Gasteiger partial charge in [0.25, 0.3) is 0 Å². The second-order valence-corrected chi connectivity index (χ2v) is 4.79. The van der Waals surface area contributed by atoms with Crippen molar-refractivity contribution in [1.29, 1.82) is 0 Å². The van der Waals surface area contributed by atoms with E-state index in [-0.39, 0.29) is 18.7 Å². The number of hydrogen-bond acceptors (Lipinski definition) is 4. The van der Waals surface area contributed by atoms with E-state index in [0.717, 1.165) is 17.9 Å². The van der Waals surface area contributed by atoms with Crippen molar-refractivity contribution in [2.45, 2.75) is 25.4 Å². The lowest BCUT2D eigenvalue weighted by molar-refractivity contribution is 0.230. The number of rotatable bonds is 7. The Balaban J connectivity index is 2.45. The summed E-state index contributed by atoms with van der Waals surface area (Å²) in [5.74, 6) is 1.06. The Morgan fingerprint density at radius 3 is 2.88 bits per heavy atom. The SMILES string of the molecule is CSCCC(CO)NC(C)c1ccccn1. The van der Waals surface area contributed by atoms with Crippen LogP contribution in [0.1, 0.15) is 25.1 Å². The molecule has 1 rings (SSSR count). The highest BCUT2D eigenvalue weighted by Crippen LogP contribution is 2.10. The van der Waals surface area contributed by atoms with Crippen molar-refractivity contribution in [2.75, 3.05) is 18.6 Å². The van der Waals surface area contributed by atoms with Crippen LogP contribution in [-0.2, 0) is 0 Å². The molecule has 1 aromatic rings. The first-order chi connectivity index (χ1) is 7.77. The Bertz CT molecular complexity index is 282. The number of nitrogens with one attached hydrogen (secondary N) is 1. The third-order valence-electron chi connectivity index (χ3n) is 2.51. The van der Waals surface area contributed by atoms with Crippen molar-refractivity contribution in [3.05, 3.63) is 30.1 Å². The third kappa shape index (κ3) is 4.51. The number of aliphatic hydroxyl groups excluding tert-OH is 1. The lowest BCUT2D eigenvalue weighted by Gasteiger charge is -2.21. The van der Waals surface area contributed by atoms with Gasteiger partial charge in [-0.1, -0.05) is 6.07 Å². The van der Waals surface area contributed by atoms with E-state index < -0.39 is 0 Å².